The Hall–Kier alpha value is -0.870. The van der Waals surface area contributed by atoms with Crippen LogP contribution in [0.25, 0.3) is 0 Å². The highest BCUT2D eigenvalue weighted by Crippen LogP contribution is 2.33. The van der Waals surface area contributed by atoms with Crippen molar-refractivity contribution in [1.29, 1.82) is 0 Å². The van der Waals surface area contributed by atoms with Crippen LogP contribution in [0.1, 0.15) is 51.1 Å². The lowest BCUT2D eigenvalue weighted by atomic mass is 9.98. The van der Waals surface area contributed by atoms with Gasteiger partial charge in [-0.2, -0.15) is 0 Å². The van der Waals surface area contributed by atoms with Crippen LogP contribution in [0.3, 0.4) is 0 Å². The summed E-state index contributed by atoms with van der Waals surface area (Å²) in [6, 6.07) is 5.77. The maximum Gasteiger partial charge on any atom is 0.246 e. The Morgan fingerprint density at radius 3 is 2.90 bits per heavy atom. The summed E-state index contributed by atoms with van der Waals surface area (Å²) in [5.74, 6) is 0.714. The van der Waals surface area contributed by atoms with E-state index in [1.807, 2.05) is 18.2 Å². The van der Waals surface area contributed by atoms with E-state index in [4.69, 9.17) is 0 Å². The molecule has 1 heterocycles. The summed E-state index contributed by atoms with van der Waals surface area (Å²) in [5.41, 5.74) is 1.98. The second-order valence-electron chi connectivity index (χ2n) is 5.48. The summed E-state index contributed by atoms with van der Waals surface area (Å²) < 4.78 is 0.992. The van der Waals surface area contributed by atoms with Gasteiger partial charge in [-0.25, -0.2) is 0 Å². The molecule has 0 bridgehead atoms. The molecule has 2 rings (SSSR count). The van der Waals surface area contributed by atoms with Gasteiger partial charge < -0.3 is 10.6 Å². The van der Waals surface area contributed by atoms with Crippen LogP contribution < -0.4 is 10.6 Å². The van der Waals surface area contributed by atoms with Crippen LogP contribution in [-0.2, 0) is 4.79 Å². The molecule has 1 amide bonds. The van der Waals surface area contributed by atoms with E-state index in [2.05, 4.69) is 40.4 Å². The standard InChI is InChI=1S/C16H23BrN2O/c1-3-5-6-11(4-2)10-18-15-13-8-7-12(17)9-14(13)19-16(15)20/h7-9,11,15,18H,3-6,10H2,1-2H3,(H,19,20). The van der Waals surface area contributed by atoms with Gasteiger partial charge in [-0.15, -0.1) is 0 Å². The fraction of sp³-hybridized carbons (Fsp3) is 0.562. The largest absolute Gasteiger partial charge is 0.324 e. The highest BCUT2D eigenvalue weighted by atomic mass is 79.9. The SMILES string of the molecule is CCCCC(CC)CNC1C(=O)Nc2cc(Br)ccc21. The average molecular weight is 339 g/mol. The number of carbonyl (C=O) groups excluding carboxylic acids is 1. The Morgan fingerprint density at radius 1 is 1.40 bits per heavy atom. The zero-order chi connectivity index (χ0) is 14.5. The van der Waals surface area contributed by atoms with Crippen molar-refractivity contribution in [3.05, 3.63) is 28.2 Å². The van der Waals surface area contributed by atoms with Gasteiger partial charge >= 0.3 is 0 Å². The normalized spacial score (nSPS) is 18.8. The van der Waals surface area contributed by atoms with Gasteiger partial charge in [0.05, 0.1) is 0 Å². The molecule has 1 aliphatic heterocycles. The van der Waals surface area contributed by atoms with E-state index in [0.29, 0.717) is 5.92 Å². The van der Waals surface area contributed by atoms with Crippen molar-refractivity contribution in [3.8, 4) is 0 Å². The van der Waals surface area contributed by atoms with Crippen molar-refractivity contribution in [1.82, 2.24) is 5.32 Å². The lowest BCUT2D eigenvalue weighted by molar-refractivity contribution is -0.117. The lowest BCUT2D eigenvalue weighted by Gasteiger charge is -2.18. The summed E-state index contributed by atoms with van der Waals surface area (Å²) in [6.45, 7) is 5.35. The molecule has 0 spiro atoms. The van der Waals surface area contributed by atoms with Crippen LogP contribution in [0, 0.1) is 5.92 Å². The monoisotopic (exact) mass is 338 g/mol. The molecule has 1 aromatic rings. The summed E-state index contributed by atoms with van der Waals surface area (Å²) >= 11 is 3.43. The minimum absolute atomic E-state index is 0.0587. The van der Waals surface area contributed by atoms with Gasteiger partial charge in [0.25, 0.3) is 0 Å². The molecular weight excluding hydrogens is 316 g/mol. The van der Waals surface area contributed by atoms with Crippen molar-refractivity contribution >= 4 is 27.5 Å². The quantitative estimate of drug-likeness (QED) is 0.780. The molecule has 0 saturated heterocycles. The molecule has 2 N–H and O–H groups in total. The third-order valence-electron chi connectivity index (χ3n) is 4.00. The van der Waals surface area contributed by atoms with Crippen molar-refractivity contribution in [2.75, 3.05) is 11.9 Å². The molecule has 20 heavy (non-hydrogen) atoms. The molecule has 0 aliphatic carbocycles. The first kappa shape index (κ1) is 15.5. The van der Waals surface area contributed by atoms with Crippen molar-refractivity contribution in [2.45, 2.75) is 45.6 Å². The van der Waals surface area contributed by atoms with Crippen LogP contribution in [-0.4, -0.2) is 12.5 Å². The lowest BCUT2D eigenvalue weighted by Crippen LogP contribution is -2.31. The minimum atomic E-state index is -0.200. The second-order valence-corrected chi connectivity index (χ2v) is 6.39. The molecular formula is C16H23BrN2O. The zero-order valence-corrected chi connectivity index (χ0v) is 13.8. The second kappa shape index (κ2) is 7.23. The highest BCUT2D eigenvalue weighted by molar-refractivity contribution is 9.10. The maximum atomic E-state index is 12.1. The van der Waals surface area contributed by atoms with Crippen molar-refractivity contribution in [3.63, 3.8) is 0 Å². The number of carbonyl (C=O) groups is 1. The van der Waals surface area contributed by atoms with Crippen LogP contribution in [0.5, 0.6) is 0 Å². The van der Waals surface area contributed by atoms with Gasteiger partial charge in [-0.1, -0.05) is 55.1 Å². The van der Waals surface area contributed by atoms with Gasteiger partial charge in [0.15, 0.2) is 0 Å². The fourth-order valence-electron chi connectivity index (χ4n) is 2.67. The first-order valence-corrected chi connectivity index (χ1v) is 8.28. The van der Waals surface area contributed by atoms with Gasteiger partial charge in [0.2, 0.25) is 5.91 Å². The van der Waals surface area contributed by atoms with Crippen LogP contribution >= 0.6 is 15.9 Å². The first-order valence-electron chi connectivity index (χ1n) is 7.49. The molecule has 0 radical (unpaired) electrons. The number of nitrogens with one attached hydrogen (secondary N) is 2. The summed E-state index contributed by atoms with van der Waals surface area (Å²) in [5, 5.41) is 6.38. The van der Waals surface area contributed by atoms with E-state index in [9.17, 15) is 4.79 Å². The number of anilines is 1. The molecule has 0 saturated carbocycles. The number of amides is 1. The molecule has 0 fully saturated rings. The van der Waals surface area contributed by atoms with E-state index < -0.39 is 0 Å². The predicted molar refractivity (Wildman–Crippen MR) is 86.8 cm³/mol. The Labute approximate surface area is 129 Å². The van der Waals surface area contributed by atoms with Gasteiger partial charge in [-0.05, 0) is 31.0 Å². The number of hydrogen-bond donors (Lipinski definition) is 2. The highest BCUT2D eigenvalue weighted by Gasteiger charge is 2.30. The Bertz CT molecular complexity index is 476. The predicted octanol–water partition coefficient (Wildman–Crippen LogP) is 4.25. The van der Waals surface area contributed by atoms with Crippen LogP contribution in [0.2, 0.25) is 0 Å². The number of unbranched alkanes of at least 4 members (excludes halogenated alkanes) is 1. The summed E-state index contributed by atoms with van der Waals surface area (Å²) in [7, 11) is 0. The van der Waals surface area contributed by atoms with Crippen LogP contribution in [0.4, 0.5) is 5.69 Å². The molecule has 2 atom stereocenters. The number of fused-ring (bicyclic) bond motifs is 1. The van der Waals surface area contributed by atoms with Gasteiger partial charge in [0, 0.05) is 15.7 Å². The Balaban J connectivity index is 1.98. The Morgan fingerprint density at radius 2 is 2.20 bits per heavy atom. The first-order chi connectivity index (χ1) is 9.65. The molecule has 4 heteroatoms. The summed E-state index contributed by atoms with van der Waals surface area (Å²) in [4.78, 5) is 12.1. The van der Waals surface area contributed by atoms with Gasteiger partial charge in [-0.3, -0.25) is 4.79 Å². The van der Waals surface area contributed by atoms with Crippen LogP contribution in [0.15, 0.2) is 22.7 Å². The third-order valence-corrected chi connectivity index (χ3v) is 4.49. The third kappa shape index (κ3) is 3.61. The maximum absolute atomic E-state index is 12.1. The molecule has 2 unspecified atom stereocenters. The Kier molecular flexibility index (Phi) is 5.61. The molecule has 0 aromatic heterocycles. The van der Waals surface area contributed by atoms with E-state index in [-0.39, 0.29) is 11.9 Å². The van der Waals surface area contributed by atoms with Crippen molar-refractivity contribution in [2.24, 2.45) is 5.92 Å². The fourth-order valence-corrected chi connectivity index (χ4v) is 3.03. The summed E-state index contributed by atoms with van der Waals surface area (Å²) in [6.07, 6.45) is 4.90. The van der Waals surface area contributed by atoms with Gasteiger partial charge in [0.1, 0.15) is 6.04 Å². The number of rotatable bonds is 7. The van der Waals surface area contributed by atoms with Crippen molar-refractivity contribution < 1.29 is 4.79 Å². The van der Waals surface area contributed by atoms with E-state index >= 15 is 0 Å². The smallest absolute Gasteiger partial charge is 0.246 e. The van der Waals surface area contributed by atoms with E-state index in [1.54, 1.807) is 0 Å². The molecule has 3 nitrogen and oxygen atoms in total. The molecule has 110 valence electrons. The molecule has 1 aliphatic rings. The number of benzene rings is 1. The van der Waals surface area contributed by atoms with E-state index in [1.165, 1.54) is 19.3 Å². The number of halogens is 1. The number of hydrogen-bond acceptors (Lipinski definition) is 2. The molecule has 1 aromatic carbocycles. The zero-order valence-electron chi connectivity index (χ0n) is 12.2. The van der Waals surface area contributed by atoms with E-state index in [0.717, 1.165) is 28.7 Å². The minimum Gasteiger partial charge on any atom is -0.324 e. The topological polar surface area (TPSA) is 41.1 Å². The average Bonchev–Trinajstić information content (AvgIpc) is 2.74.